The van der Waals surface area contributed by atoms with E-state index >= 15 is 0 Å². The lowest BCUT2D eigenvalue weighted by atomic mass is 10.0. The summed E-state index contributed by atoms with van der Waals surface area (Å²) >= 11 is 11.6. The number of nitrogens with zero attached hydrogens (tertiary/aromatic N) is 2. The Hall–Kier alpha value is 0.460. The third-order valence-corrected chi connectivity index (χ3v) is 3.81. The first-order valence-corrected chi connectivity index (χ1v) is 6.32. The standard InChI is InChI=1S/C11H25Cl2N2O/c1-11(2,14(12)13)7-9-15(3,4)8-6-10-16-5/h6-10H2,1-5H3/q+1. The summed E-state index contributed by atoms with van der Waals surface area (Å²) in [6.07, 6.45) is 2.04. The molecule has 0 amide bonds. The lowest BCUT2D eigenvalue weighted by Gasteiger charge is -2.35. The molecule has 0 aromatic carbocycles. The zero-order valence-electron chi connectivity index (χ0n) is 11.1. The van der Waals surface area contributed by atoms with Gasteiger partial charge in [0, 0.05) is 20.0 Å². The van der Waals surface area contributed by atoms with Crippen LogP contribution >= 0.6 is 23.6 Å². The molecule has 0 rings (SSSR count). The summed E-state index contributed by atoms with van der Waals surface area (Å²) in [6, 6.07) is 0. The van der Waals surface area contributed by atoms with Gasteiger partial charge in [-0.05, 0) is 37.4 Å². The molecule has 0 aromatic rings. The average molecular weight is 272 g/mol. The molecule has 5 heteroatoms. The molecule has 0 aliphatic heterocycles. The average Bonchev–Trinajstić information content (AvgIpc) is 2.15. The summed E-state index contributed by atoms with van der Waals surface area (Å²) in [4.78, 5) is 0. The van der Waals surface area contributed by atoms with E-state index in [4.69, 9.17) is 28.3 Å². The molecule has 0 aliphatic carbocycles. The number of quaternary nitrogens is 1. The molecule has 0 unspecified atom stereocenters. The van der Waals surface area contributed by atoms with Crippen molar-refractivity contribution in [3.63, 3.8) is 0 Å². The molecule has 0 saturated heterocycles. The monoisotopic (exact) mass is 271 g/mol. The highest BCUT2D eigenvalue weighted by atomic mass is 35.5. The van der Waals surface area contributed by atoms with Gasteiger partial charge in [0.05, 0.1) is 39.3 Å². The molecule has 0 atom stereocenters. The molecule has 0 aliphatic rings. The van der Waals surface area contributed by atoms with Crippen molar-refractivity contribution in [2.75, 3.05) is 40.9 Å². The van der Waals surface area contributed by atoms with Gasteiger partial charge >= 0.3 is 0 Å². The first-order chi connectivity index (χ1) is 7.21. The van der Waals surface area contributed by atoms with Gasteiger partial charge in [0.1, 0.15) is 0 Å². The fourth-order valence-corrected chi connectivity index (χ4v) is 1.58. The van der Waals surface area contributed by atoms with E-state index in [9.17, 15) is 0 Å². The maximum Gasteiger partial charge on any atom is 0.0804 e. The predicted molar refractivity (Wildman–Crippen MR) is 70.6 cm³/mol. The first-order valence-electron chi connectivity index (χ1n) is 5.64. The number of ether oxygens (including phenoxy) is 1. The van der Waals surface area contributed by atoms with Gasteiger partial charge in [-0.1, -0.05) is 0 Å². The van der Waals surface area contributed by atoms with Gasteiger partial charge < -0.3 is 9.22 Å². The Bertz CT molecular complexity index is 196. The summed E-state index contributed by atoms with van der Waals surface area (Å²) in [6.45, 7) is 7.06. The van der Waals surface area contributed by atoms with E-state index in [0.717, 1.165) is 37.0 Å². The summed E-state index contributed by atoms with van der Waals surface area (Å²) in [5.41, 5.74) is -0.181. The van der Waals surface area contributed by atoms with Gasteiger partial charge in [-0.2, -0.15) is 0 Å². The fraction of sp³-hybridized carbons (Fsp3) is 1.00. The quantitative estimate of drug-likeness (QED) is 0.383. The normalized spacial score (nSPS) is 13.5. The van der Waals surface area contributed by atoms with E-state index in [-0.39, 0.29) is 5.54 Å². The van der Waals surface area contributed by atoms with Crippen LogP contribution in [0.4, 0.5) is 0 Å². The Morgan fingerprint density at radius 3 is 2.19 bits per heavy atom. The van der Waals surface area contributed by atoms with Gasteiger partial charge in [-0.3, -0.25) is 0 Å². The van der Waals surface area contributed by atoms with Gasteiger partial charge in [-0.25, -0.2) is 0 Å². The van der Waals surface area contributed by atoms with Crippen LogP contribution in [0.2, 0.25) is 0 Å². The van der Waals surface area contributed by atoms with Gasteiger partial charge in [0.2, 0.25) is 0 Å². The predicted octanol–water partition coefficient (Wildman–Crippen LogP) is 2.88. The Labute approximate surface area is 110 Å². The number of halogens is 2. The highest BCUT2D eigenvalue weighted by molar-refractivity contribution is 6.34. The zero-order chi connectivity index (χ0) is 12.8. The van der Waals surface area contributed by atoms with Crippen molar-refractivity contribution in [1.82, 2.24) is 3.94 Å². The van der Waals surface area contributed by atoms with E-state index in [1.54, 1.807) is 7.11 Å². The molecule has 16 heavy (non-hydrogen) atoms. The van der Waals surface area contributed by atoms with E-state index in [1.165, 1.54) is 3.94 Å². The van der Waals surface area contributed by atoms with Crippen molar-refractivity contribution in [2.45, 2.75) is 32.2 Å². The number of rotatable bonds is 8. The van der Waals surface area contributed by atoms with Crippen molar-refractivity contribution in [2.24, 2.45) is 0 Å². The van der Waals surface area contributed by atoms with Crippen molar-refractivity contribution in [1.29, 1.82) is 0 Å². The molecule has 0 aromatic heterocycles. The lowest BCUT2D eigenvalue weighted by molar-refractivity contribution is -0.891. The van der Waals surface area contributed by atoms with Crippen LogP contribution in [0.5, 0.6) is 0 Å². The third-order valence-electron chi connectivity index (χ3n) is 2.90. The van der Waals surface area contributed by atoms with Crippen molar-refractivity contribution < 1.29 is 9.22 Å². The molecule has 0 N–H and O–H groups in total. The van der Waals surface area contributed by atoms with Crippen LogP contribution < -0.4 is 0 Å². The van der Waals surface area contributed by atoms with E-state index in [1.807, 2.05) is 13.8 Å². The molecule has 0 spiro atoms. The molecule has 0 bridgehead atoms. The Balaban J connectivity index is 3.97. The van der Waals surface area contributed by atoms with E-state index in [0.29, 0.717) is 0 Å². The minimum atomic E-state index is -0.181. The molecule has 0 saturated carbocycles. The molecule has 3 nitrogen and oxygen atoms in total. The van der Waals surface area contributed by atoms with Gasteiger partial charge in [0.25, 0.3) is 0 Å². The number of methoxy groups -OCH3 is 1. The number of hydrogen-bond donors (Lipinski definition) is 0. The summed E-state index contributed by atoms with van der Waals surface area (Å²) in [5, 5.41) is 0. The lowest BCUT2D eigenvalue weighted by Crippen LogP contribution is -2.45. The smallest absolute Gasteiger partial charge is 0.0804 e. The van der Waals surface area contributed by atoms with Crippen LogP contribution in [-0.2, 0) is 4.74 Å². The van der Waals surface area contributed by atoms with Gasteiger partial charge in [0.15, 0.2) is 0 Å². The minimum Gasteiger partial charge on any atom is -0.384 e. The molecule has 0 fully saturated rings. The second-order valence-corrected chi connectivity index (χ2v) is 6.37. The highest BCUT2D eigenvalue weighted by Gasteiger charge is 2.28. The van der Waals surface area contributed by atoms with Crippen LogP contribution in [0.15, 0.2) is 0 Å². The largest absolute Gasteiger partial charge is 0.384 e. The summed E-state index contributed by atoms with van der Waals surface area (Å²) in [5.74, 6) is 0. The second-order valence-electron chi connectivity index (χ2n) is 5.52. The van der Waals surface area contributed by atoms with Crippen molar-refractivity contribution in [3.05, 3.63) is 0 Å². The van der Waals surface area contributed by atoms with Crippen LogP contribution in [-0.4, -0.2) is 54.9 Å². The van der Waals surface area contributed by atoms with Crippen LogP contribution in [0.3, 0.4) is 0 Å². The molecule has 0 radical (unpaired) electrons. The molecular formula is C11H25Cl2N2O+. The van der Waals surface area contributed by atoms with E-state index < -0.39 is 0 Å². The molecule has 98 valence electrons. The zero-order valence-corrected chi connectivity index (χ0v) is 12.6. The fourth-order valence-electron chi connectivity index (χ4n) is 1.41. The van der Waals surface area contributed by atoms with Crippen LogP contribution in [0.1, 0.15) is 26.7 Å². The molecule has 0 heterocycles. The van der Waals surface area contributed by atoms with Crippen molar-refractivity contribution in [3.8, 4) is 0 Å². The minimum absolute atomic E-state index is 0.181. The Morgan fingerprint density at radius 2 is 1.75 bits per heavy atom. The first kappa shape index (κ1) is 16.5. The SMILES string of the molecule is COCCC[N+](C)(C)CCC(C)(C)N(Cl)Cl. The molecular weight excluding hydrogens is 247 g/mol. The maximum atomic E-state index is 5.80. The van der Waals surface area contributed by atoms with Crippen LogP contribution in [0.25, 0.3) is 0 Å². The second kappa shape index (κ2) is 7.02. The maximum absolute atomic E-state index is 5.80. The summed E-state index contributed by atoms with van der Waals surface area (Å²) < 4.78 is 7.28. The third kappa shape index (κ3) is 6.92. The van der Waals surface area contributed by atoms with Crippen molar-refractivity contribution >= 4 is 23.6 Å². The highest BCUT2D eigenvalue weighted by Crippen LogP contribution is 2.24. The van der Waals surface area contributed by atoms with Gasteiger partial charge in [-0.15, -0.1) is 3.94 Å². The topological polar surface area (TPSA) is 12.5 Å². The summed E-state index contributed by atoms with van der Waals surface area (Å²) in [7, 11) is 6.18. The number of hydrogen-bond acceptors (Lipinski definition) is 2. The Morgan fingerprint density at radius 1 is 1.19 bits per heavy atom. The van der Waals surface area contributed by atoms with E-state index in [2.05, 4.69) is 14.1 Å². The Kier molecular flexibility index (Phi) is 7.22. The van der Waals surface area contributed by atoms with Crippen LogP contribution in [0, 0.1) is 0 Å².